The molecule has 0 atom stereocenters. The zero-order valence-corrected chi connectivity index (χ0v) is 13.6. The molecule has 1 amide bonds. The molecule has 2 heterocycles. The lowest BCUT2D eigenvalue weighted by molar-refractivity contribution is 0.102. The summed E-state index contributed by atoms with van der Waals surface area (Å²) in [6, 6.07) is 10.0. The van der Waals surface area contributed by atoms with Crippen molar-refractivity contribution in [1.29, 1.82) is 0 Å². The number of hydrogen-bond acceptors (Lipinski definition) is 3. The third kappa shape index (κ3) is 3.12. The van der Waals surface area contributed by atoms with Crippen LogP contribution in [-0.2, 0) is 6.54 Å². The van der Waals surface area contributed by atoms with Crippen molar-refractivity contribution in [2.45, 2.75) is 20.4 Å². The molecule has 0 aliphatic heterocycles. The second kappa shape index (κ2) is 6.26. The van der Waals surface area contributed by atoms with E-state index in [-0.39, 0.29) is 16.6 Å². The number of halogens is 1. The van der Waals surface area contributed by atoms with Crippen molar-refractivity contribution in [2.24, 2.45) is 0 Å². The van der Waals surface area contributed by atoms with Crippen molar-refractivity contribution in [3.05, 3.63) is 64.2 Å². The van der Waals surface area contributed by atoms with Crippen molar-refractivity contribution < 1.29 is 4.79 Å². The fraction of sp³-hybridized carbons (Fsp3) is 0.188. The molecule has 0 unspecified atom stereocenters. The number of nitrogens with zero attached hydrogens (tertiary/aromatic N) is 3. The average molecular weight is 330 g/mol. The standard InChI is InChI=1S/C16H16ClN5O/c1-10-14(19-16(23)15-13(17)8-18-20-15)11(2)22(21-10)9-12-6-4-3-5-7-12/h3-8H,9H2,1-2H3,(H,18,20)(H,19,23). The lowest BCUT2D eigenvalue weighted by atomic mass is 10.2. The average Bonchev–Trinajstić information content (AvgIpc) is 3.07. The first-order valence-corrected chi connectivity index (χ1v) is 7.52. The molecule has 0 saturated carbocycles. The molecule has 0 aliphatic carbocycles. The highest BCUT2D eigenvalue weighted by atomic mass is 35.5. The van der Waals surface area contributed by atoms with Gasteiger partial charge in [0, 0.05) is 0 Å². The molecule has 0 fully saturated rings. The van der Waals surface area contributed by atoms with Gasteiger partial charge in [0.15, 0.2) is 0 Å². The molecule has 23 heavy (non-hydrogen) atoms. The molecule has 2 aromatic heterocycles. The zero-order valence-electron chi connectivity index (χ0n) is 12.8. The number of carbonyl (C=O) groups excluding carboxylic acids is 1. The lowest BCUT2D eigenvalue weighted by Crippen LogP contribution is -2.14. The van der Waals surface area contributed by atoms with E-state index < -0.39 is 0 Å². The Bertz CT molecular complexity index is 838. The van der Waals surface area contributed by atoms with Gasteiger partial charge in [-0.2, -0.15) is 10.2 Å². The summed E-state index contributed by atoms with van der Waals surface area (Å²) in [5.41, 5.74) is 3.71. The van der Waals surface area contributed by atoms with Crippen LogP contribution in [0.4, 0.5) is 5.69 Å². The van der Waals surface area contributed by atoms with Crippen molar-refractivity contribution in [1.82, 2.24) is 20.0 Å². The maximum absolute atomic E-state index is 12.3. The van der Waals surface area contributed by atoms with Gasteiger partial charge in [-0.1, -0.05) is 41.9 Å². The van der Waals surface area contributed by atoms with Gasteiger partial charge in [0.25, 0.3) is 5.91 Å². The highest BCUT2D eigenvalue weighted by molar-refractivity contribution is 6.34. The molecule has 3 rings (SSSR count). The van der Waals surface area contributed by atoms with Gasteiger partial charge in [0.05, 0.1) is 34.8 Å². The molecule has 118 valence electrons. The Balaban J connectivity index is 1.84. The highest BCUT2D eigenvalue weighted by Gasteiger charge is 2.18. The summed E-state index contributed by atoms with van der Waals surface area (Å²) in [5, 5.41) is 14.0. The van der Waals surface area contributed by atoms with Crippen LogP contribution < -0.4 is 5.32 Å². The van der Waals surface area contributed by atoms with Crippen LogP contribution in [0.1, 0.15) is 27.4 Å². The van der Waals surface area contributed by atoms with Crippen LogP contribution in [-0.4, -0.2) is 25.9 Å². The summed E-state index contributed by atoms with van der Waals surface area (Å²) in [6.07, 6.45) is 1.40. The Morgan fingerprint density at radius 2 is 2.04 bits per heavy atom. The van der Waals surface area contributed by atoms with E-state index in [9.17, 15) is 4.79 Å². The van der Waals surface area contributed by atoms with E-state index in [1.165, 1.54) is 6.20 Å². The molecule has 0 bridgehead atoms. The molecular weight excluding hydrogens is 314 g/mol. The Morgan fingerprint density at radius 3 is 2.70 bits per heavy atom. The first-order chi connectivity index (χ1) is 11.1. The minimum absolute atomic E-state index is 0.237. The fourth-order valence-corrected chi connectivity index (χ4v) is 2.57. The van der Waals surface area contributed by atoms with Gasteiger partial charge in [-0.25, -0.2) is 0 Å². The number of hydrogen-bond donors (Lipinski definition) is 2. The molecule has 1 aromatic carbocycles. The second-order valence-corrected chi connectivity index (χ2v) is 5.64. The normalized spacial score (nSPS) is 10.7. The van der Waals surface area contributed by atoms with Gasteiger partial charge in [-0.3, -0.25) is 14.6 Å². The minimum atomic E-state index is -0.335. The number of carbonyl (C=O) groups is 1. The number of aromatic amines is 1. The number of rotatable bonds is 4. The van der Waals surface area contributed by atoms with Gasteiger partial charge in [-0.05, 0) is 19.4 Å². The predicted octanol–water partition coefficient (Wildman–Crippen LogP) is 3.18. The highest BCUT2D eigenvalue weighted by Crippen LogP contribution is 2.22. The molecule has 0 spiro atoms. The van der Waals surface area contributed by atoms with Crippen LogP contribution in [0, 0.1) is 13.8 Å². The molecule has 6 nitrogen and oxygen atoms in total. The third-order valence-electron chi connectivity index (χ3n) is 3.62. The summed E-state index contributed by atoms with van der Waals surface area (Å²) < 4.78 is 1.87. The van der Waals surface area contributed by atoms with Crippen LogP contribution in [0.3, 0.4) is 0 Å². The largest absolute Gasteiger partial charge is 0.317 e. The topological polar surface area (TPSA) is 75.6 Å². The molecule has 0 radical (unpaired) electrons. The monoisotopic (exact) mass is 329 g/mol. The zero-order chi connectivity index (χ0) is 16.4. The Hall–Kier alpha value is -2.60. The Kier molecular flexibility index (Phi) is 4.16. The first kappa shape index (κ1) is 15.3. The summed E-state index contributed by atoms with van der Waals surface area (Å²) in [6.45, 7) is 4.43. The van der Waals surface area contributed by atoms with E-state index in [0.29, 0.717) is 12.2 Å². The van der Waals surface area contributed by atoms with Crippen LogP contribution >= 0.6 is 11.6 Å². The van der Waals surface area contributed by atoms with E-state index >= 15 is 0 Å². The third-order valence-corrected chi connectivity index (χ3v) is 3.90. The van der Waals surface area contributed by atoms with Gasteiger partial charge < -0.3 is 5.32 Å². The minimum Gasteiger partial charge on any atom is -0.317 e. The number of aromatic nitrogens is 4. The number of benzene rings is 1. The van der Waals surface area contributed by atoms with Crippen LogP contribution in [0.5, 0.6) is 0 Å². The van der Waals surface area contributed by atoms with Crippen molar-refractivity contribution >= 4 is 23.2 Å². The maximum Gasteiger partial charge on any atom is 0.275 e. The summed E-state index contributed by atoms with van der Waals surface area (Å²) >= 11 is 5.92. The van der Waals surface area contributed by atoms with Crippen molar-refractivity contribution in [3.63, 3.8) is 0 Å². The quantitative estimate of drug-likeness (QED) is 0.772. The number of nitrogens with one attached hydrogen (secondary N) is 2. The van der Waals surface area contributed by atoms with E-state index in [4.69, 9.17) is 11.6 Å². The Labute approximate surface area is 138 Å². The van der Waals surface area contributed by atoms with E-state index in [2.05, 4.69) is 20.6 Å². The summed E-state index contributed by atoms with van der Waals surface area (Å²) in [7, 11) is 0. The number of amides is 1. The van der Waals surface area contributed by atoms with Crippen LogP contribution in [0.2, 0.25) is 5.02 Å². The molecule has 2 N–H and O–H groups in total. The van der Waals surface area contributed by atoms with Crippen molar-refractivity contribution in [2.75, 3.05) is 5.32 Å². The van der Waals surface area contributed by atoms with Gasteiger partial charge in [0.1, 0.15) is 5.69 Å². The first-order valence-electron chi connectivity index (χ1n) is 7.14. The van der Waals surface area contributed by atoms with E-state index in [1.54, 1.807) is 0 Å². The van der Waals surface area contributed by atoms with Crippen molar-refractivity contribution in [3.8, 4) is 0 Å². The van der Waals surface area contributed by atoms with E-state index in [0.717, 1.165) is 17.0 Å². The maximum atomic E-state index is 12.3. The summed E-state index contributed by atoms with van der Waals surface area (Å²) in [5.74, 6) is -0.335. The summed E-state index contributed by atoms with van der Waals surface area (Å²) in [4.78, 5) is 12.3. The fourth-order valence-electron chi connectivity index (χ4n) is 2.39. The molecule has 0 saturated heterocycles. The predicted molar refractivity (Wildman–Crippen MR) is 88.8 cm³/mol. The van der Waals surface area contributed by atoms with Gasteiger partial charge >= 0.3 is 0 Å². The number of aryl methyl sites for hydroxylation is 1. The molecule has 3 aromatic rings. The molecule has 7 heteroatoms. The second-order valence-electron chi connectivity index (χ2n) is 5.24. The molecule has 0 aliphatic rings. The smallest absolute Gasteiger partial charge is 0.275 e. The van der Waals surface area contributed by atoms with Crippen LogP contribution in [0.25, 0.3) is 0 Å². The van der Waals surface area contributed by atoms with E-state index in [1.807, 2.05) is 48.9 Å². The SMILES string of the molecule is Cc1nn(Cc2ccccc2)c(C)c1NC(=O)c1[nH]ncc1Cl. The number of anilines is 1. The Morgan fingerprint density at radius 1 is 1.30 bits per heavy atom. The van der Waals surface area contributed by atoms with Crippen LogP contribution in [0.15, 0.2) is 36.5 Å². The lowest BCUT2D eigenvalue weighted by Gasteiger charge is -2.07. The van der Waals surface area contributed by atoms with Gasteiger partial charge in [0.2, 0.25) is 0 Å². The number of H-pyrrole nitrogens is 1. The van der Waals surface area contributed by atoms with Gasteiger partial charge in [-0.15, -0.1) is 0 Å². The molecular formula is C16H16ClN5O.